The summed E-state index contributed by atoms with van der Waals surface area (Å²) < 4.78 is 11.0. The van der Waals surface area contributed by atoms with Gasteiger partial charge in [0.1, 0.15) is 0 Å². The van der Waals surface area contributed by atoms with Gasteiger partial charge >= 0.3 is 7.12 Å². The van der Waals surface area contributed by atoms with E-state index in [2.05, 4.69) is 20.8 Å². The Kier molecular flexibility index (Phi) is 3.40. The summed E-state index contributed by atoms with van der Waals surface area (Å²) in [6, 6.07) is 0. The SMILES string of the molecule is CC(C)C(C)B1OCCCO1. The molecule has 1 unspecified atom stereocenters. The zero-order valence-electron chi connectivity index (χ0n) is 7.67. The summed E-state index contributed by atoms with van der Waals surface area (Å²) in [5.74, 6) is 1.15. The second kappa shape index (κ2) is 4.12. The lowest BCUT2D eigenvalue weighted by Crippen LogP contribution is -2.35. The lowest BCUT2D eigenvalue weighted by molar-refractivity contribution is 0.124. The molecule has 0 saturated carbocycles. The van der Waals surface area contributed by atoms with Gasteiger partial charge in [-0.2, -0.15) is 0 Å². The van der Waals surface area contributed by atoms with Crippen molar-refractivity contribution < 1.29 is 9.31 Å². The number of hydrogen-bond acceptors (Lipinski definition) is 2. The Balaban J connectivity index is 2.32. The average Bonchev–Trinajstić information content (AvgIpc) is 2.05. The molecule has 2 nitrogen and oxygen atoms in total. The molecule has 0 aromatic rings. The molecule has 64 valence electrons. The van der Waals surface area contributed by atoms with Crippen molar-refractivity contribution in [3.05, 3.63) is 0 Å². The first-order valence-electron chi connectivity index (χ1n) is 4.45. The summed E-state index contributed by atoms with van der Waals surface area (Å²) in [5, 5.41) is 0. The summed E-state index contributed by atoms with van der Waals surface area (Å²) >= 11 is 0. The van der Waals surface area contributed by atoms with Crippen molar-refractivity contribution in [1.82, 2.24) is 0 Å². The minimum Gasteiger partial charge on any atom is -0.411 e. The quantitative estimate of drug-likeness (QED) is 0.569. The molecule has 1 fully saturated rings. The van der Waals surface area contributed by atoms with Gasteiger partial charge in [0.15, 0.2) is 0 Å². The smallest absolute Gasteiger partial charge is 0.411 e. The van der Waals surface area contributed by atoms with E-state index >= 15 is 0 Å². The van der Waals surface area contributed by atoms with E-state index in [1.54, 1.807) is 0 Å². The Morgan fingerprint density at radius 1 is 1.09 bits per heavy atom. The fourth-order valence-electron chi connectivity index (χ4n) is 1.12. The van der Waals surface area contributed by atoms with Crippen molar-refractivity contribution in [1.29, 1.82) is 0 Å². The van der Waals surface area contributed by atoms with Crippen molar-refractivity contribution in [2.75, 3.05) is 13.2 Å². The van der Waals surface area contributed by atoms with Crippen LogP contribution in [0.1, 0.15) is 27.2 Å². The predicted molar refractivity (Wildman–Crippen MR) is 46.5 cm³/mol. The molecule has 0 amide bonds. The lowest BCUT2D eigenvalue weighted by Gasteiger charge is -2.26. The van der Waals surface area contributed by atoms with Crippen molar-refractivity contribution in [2.45, 2.75) is 33.0 Å². The molecule has 1 aliphatic heterocycles. The van der Waals surface area contributed by atoms with Gasteiger partial charge in [0.2, 0.25) is 0 Å². The third-order valence-electron chi connectivity index (χ3n) is 2.33. The molecule has 1 aliphatic rings. The molecule has 3 heteroatoms. The van der Waals surface area contributed by atoms with Crippen LogP contribution in [0.5, 0.6) is 0 Å². The van der Waals surface area contributed by atoms with E-state index in [9.17, 15) is 0 Å². The molecule has 1 heterocycles. The Hall–Kier alpha value is -0.0151. The van der Waals surface area contributed by atoms with E-state index in [-0.39, 0.29) is 7.12 Å². The first-order chi connectivity index (χ1) is 5.22. The second-order valence-electron chi connectivity index (χ2n) is 3.57. The Bertz CT molecular complexity index is 111. The summed E-state index contributed by atoms with van der Waals surface area (Å²) in [6.07, 6.45) is 1.04. The van der Waals surface area contributed by atoms with Gasteiger partial charge in [-0.25, -0.2) is 0 Å². The number of rotatable bonds is 2. The standard InChI is InChI=1S/C8H17BO2/c1-7(2)8(3)9-10-5-4-6-11-9/h7-8H,4-6H2,1-3H3. The molecule has 0 N–H and O–H groups in total. The molecular weight excluding hydrogens is 139 g/mol. The van der Waals surface area contributed by atoms with E-state index in [0.29, 0.717) is 11.7 Å². The molecule has 1 saturated heterocycles. The summed E-state index contributed by atoms with van der Waals surface area (Å²) in [7, 11) is 0.0451. The molecule has 0 aromatic carbocycles. The average molecular weight is 156 g/mol. The lowest BCUT2D eigenvalue weighted by atomic mass is 9.66. The zero-order valence-corrected chi connectivity index (χ0v) is 7.67. The van der Waals surface area contributed by atoms with Crippen LogP contribution in [0.2, 0.25) is 5.82 Å². The Morgan fingerprint density at radius 3 is 2.09 bits per heavy atom. The monoisotopic (exact) mass is 156 g/mol. The van der Waals surface area contributed by atoms with Crippen molar-refractivity contribution >= 4 is 7.12 Å². The number of hydrogen-bond donors (Lipinski definition) is 0. The van der Waals surface area contributed by atoms with Gasteiger partial charge in [0.05, 0.1) is 0 Å². The van der Waals surface area contributed by atoms with Gasteiger partial charge < -0.3 is 9.31 Å². The Morgan fingerprint density at radius 2 is 1.64 bits per heavy atom. The maximum absolute atomic E-state index is 5.48. The van der Waals surface area contributed by atoms with Gasteiger partial charge in [-0.05, 0) is 18.2 Å². The van der Waals surface area contributed by atoms with Gasteiger partial charge in [0, 0.05) is 13.2 Å². The molecule has 1 atom stereocenters. The highest BCUT2D eigenvalue weighted by atomic mass is 16.6. The van der Waals surface area contributed by atoms with Crippen molar-refractivity contribution in [3.63, 3.8) is 0 Å². The van der Waals surface area contributed by atoms with Crippen LogP contribution >= 0.6 is 0 Å². The van der Waals surface area contributed by atoms with E-state index < -0.39 is 0 Å². The predicted octanol–water partition coefficient (Wildman–Crippen LogP) is 1.96. The van der Waals surface area contributed by atoms with Crippen LogP contribution in [0.3, 0.4) is 0 Å². The highest BCUT2D eigenvalue weighted by Gasteiger charge is 2.30. The van der Waals surface area contributed by atoms with Crippen LogP contribution in [0, 0.1) is 5.92 Å². The molecule has 0 spiro atoms. The van der Waals surface area contributed by atoms with E-state index in [1.165, 1.54) is 0 Å². The molecule has 0 bridgehead atoms. The first kappa shape index (κ1) is 9.08. The van der Waals surface area contributed by atoms with Crippen molar-refractivity contribution in [2.24, 2.45) is 5.92 Å². The van der Waals surface area contributed by atoms with Crippen LogP contribution in [-0.4, -0.2) is 20.3 Å². The topological polar surface area (TPSA) is 18.5 Å². The third-order valence-corrected chi connectivity index (χ3v) is 2.33. The highest BCUT2D eigenvalue weighted by molar-refractivity contribution is 6.46. The van der Waals surface area contributed by atoms with Crippen LogP contribution in [-0.2, 0) is 9.31 Å². The maximum atomic E-state index is 5.48. The summed E-state index contributed by atoms with van der Waals surface area (Å²) in [4.78, 5) is 0. The van der Waals surface area contributed by atoms with Gasteiger partial charge in [-0.15, -0.1) is 0 Å². The van der Waals surface area contributed by atoms with E-state index in [1.807, 2.05) is 0 Å². The highest BCUT2D eigenvalue weighted by Crippen LogP contribution is 2.23. The van der Waals surface area contributed by atoms with E-state index in [0.717, 1.165) is 19.6 Å². The van der Waals surface area contributed by atoms with Crippen LogP contribution in [0.25, 0.3) is 0 Å². The van der Waals surface area contributed by atoms with Crippen molar-refractivity contribution in [3.8, 4) is 0 Å². The molecule has 0 aliphatic carbocycles. The zero-order chi connectivity index (χ0) is 8.27. The summed E-state index contributed by atoms with van der Waals surface area (Å²) in [5.41, 5.74) is 0. The second-order valence-corrected chi connectivity index (χ2v) is 3.57. The van der Waals surface area contributed by atoms with Gasteiger partial charge in [0.25, 0.3) is 0 Å². The molecule has 11 heavy (non-hydrogen) atoms. The fraction of sp³-hybridized carbons (Fsp3) is 1.00. The van der Waals surface area contributed by atoms with Gasteiger partial charge in [-0.3, -0.25) is 0 Å². The normalized spacial score (nSPS) is 22.4. The molecular formula is C8H17BO2. The molecule has 1 rings (SSSR count). The van der Waals surface area contributed by atoms with Crippen LogP contribution < -0.4 is 0 Å². The fourth-order valence-corrected chi connectivity index (χ4v) is 1.12. The Labute approximate surface area is 69.4 Å². The minimum atomic E-state index is 0.0451. The molecule has 0 aromatic heterocycles. The first-order valence-corrected chi connectivity index (χ1v) is 4.45. The maximum Gasteiger partial charge on any atom is 0.460 e. The van der Waals surface area contributed by atoms with Crippen LogP contribution in [0.4, 0.5) is 0 Å². The minimum absolute atomic E-state index is 0.0451. The molecule has 0 radical (unpaired) electrons. The van der Waals surface area contributed by atoms with Crippen LogP contribution in [0.15, 0.2) is 0 Å². The third kappa shape index (κ3) is 2.49. The summed E-state index contributed by atoms with van der Waals surface area (Å²) in [6.45, 7) is 8.31. The van der Waals surface area contributed by atoms with Gasteiger partial charge in [-0.1, -0.05) is 20.8 Å². The largest absolute Gasteiger partial charge is 0.460 e. The van der Waals surface area contributed by atoms with E-state index in [4.69, 9.17) is 9.31 Å².